The molecule has 0 spiro atoms. The summed E-state index contributed by atoms with van der Waals surface area (Å²) in [4.78, 5) is 42.7. The number of carbonyl (C=O) groups excluding carboxylic acids is 3. The number of nitrogens with zero attached hydrogens (tertiary/aromatic N) is 2. The quantitative estimate of drug-likeness (QED) is 0.752. The van der Waals surface area contributed by atoms with Gasteiger partial charge in [0.1, 0.15) is 0 Å². The van der Waals surface area contributed by atoms with E-state index in [1.54, 1.807) is 17.2 Å². The fourth-order valence-electron chi connectivity index (χ4n) is 3.14. The number of rotatable bonds is 6. The fraction of sp³-hybridized carbons (Fsp3) is 0.400. The number of hydrogen-bond donors (Lipinski definition) is 1. The number of likely N-dealkylation sites (tertiary alicyclic amines) is 1. The normalized spacial score (nSPS) is 16.5. The Morgan fingerprint density at radius 1 is 1.29 bits per heavy atom. The zero-order valence-electron chi connectivity index (χ0n) is 15.7. The van der Waals surface area contributed by atoms with Crippen LogP contribution in [0.1, 0.15) is 35.8 Å². The number of benzene rings is 1. The van der Waals surface area contributed by atoms with Crippen LogP contribution >= 0.6 is 11.3 Å². The average molecular weight is 401 g/mol. The van der Waals surface area contributed by atoms with Gasteiger partial charge in [-0.2, -0.15) is 0 Å². The van der Waals surface area contributed by atoms with E-state index in [2.05, 4.69) is 10.3 Å². The molecule has 2 heterocycles. The van der Waals surface area contributed by atoms with Crippen molar-refractivity contribution >= 4 is 34.3 Å². The predicted molar refractivity (Wildman–Crippen MR) is 106 cm³/mol. The minimum absolute atomic E-state index is 0.0301. The van der Waals surface area contributed by atoms with E-state index in [0.29, 0.717) is 24.6 Å². The minimum atomic E-state index is -0.505. The number of ether oxygens (including phenoxy) is 1. The van der Waals surface area contributed by atoms with Gasteiger partial charge in [-0.3, -0.25) is 9.59 Å². The molecule has 1 saturated heterocycles. The van der Waals surface area contributed by atoms with E-state index in [-0.39, 0.29) is 30.0 Å². The molecule has 148 valence electrons. The second-order valence-corrected chi connectivity index (χ2v) is 7.45. The smallest absolute Gasteiger partial charge is 0.357 e. The maximum atomic E-state index is 12.6. The van der Waals surface area contributed by atoms with Crippen LogP contribution in [0.4, 0.5) is 5.13 Å². The van der Waals surface area contributed by atoms with Gasteiger partial charge in [0.25, 0.3) is 0 Å². The lowest BCUT2D eigenvalue weighted by Crippen LogP contribution is -2.44. The molecule has 1 atom stereocenters. The van der Waals surface area contributed by atoms with Gasteiger partial charge in [-0.25, -0.2) is 9.78 Å². The van der Waals surface area contributed by atoms with Crippen LogP contribution in [-0.2, 0) is 20.7 Å². The third kappa shape index (κ3) is 5.16. The van der Waals surface area contributed by atoms with E-state index in [1.165, 1.54) is 11.3 Å². The van der Waals surface area contributed by atoms with Crippen LogP contribution in [0.5, 0.6) is 0 Å². The zero-order valence-corrected chi connectivity index (χ0v) is 16.5. The van der Waals surface area contributed by atoms with Gasteiger partial charge in [-0.1, -0.05) is 30.3 Å². The number of anilines is 1. The highest BCUT2D eigenvalue weighted by atomic mass is 32.1. The van der Waals surface area contributed by atoms with Gasteiger partial charge in [-0.15, -0.1) is 11.3 Å². The Bertz CT molecular complexity index is 837. The fourth-order valence-corrected chi connectivity index (χ4v) is 3.82. The lowest BCUT2D eigenvalue weighted by Gasteiger charge is -2.32. The van der Waals surface area contributed by atoms with Crippen molar-refractivity contribution in [3.63, 3.8) is 0 Å². The first-order valence-electron chi connectivity index (χ1n) is 9.32. The second kappa shape index (κ2) is 9.45. The van der Waals surface area contributed by atoms with Crippen molar-refractivity contribution in [3.05, 3.63) is 47.0 Å². The maximum Gasteiger partial charge on any atom is 0.357 e. The van der Waals surface area contributed by atoms with E-state index >= 15 is 0 Å². The molecule has 0 unspecified atom stereocenters. The molecule has 7 nitrogen and oxygen atoms in total. The van der Waals surface area contributed by atoms with Crippen molar-refractivity contribution in [2.45, 2.75) is 26.2 Å². The Balaban J connectivity index is 1.55. The number of esters is 1. The third-order valence-corrected chi connectivity index (χ3v) is 5.32. The summed E-state index contributed by atoms with van der Waals surface area (Å²) in [5, 5.41) is 4.68. The molecular weight excluding hydrogens is 378 g/mol. The first-order chi connectivity index (χ1) is 13.6. The number of carbonyl (C=O) groups is 3. The summed E-state index contributed by atoms with van der Waals surface area (Å²) < 4.78 is 4.90. The van der Waals surface area contributed by atoms with Gasteiger partial charge in [0.2, 0.25) is 11.8 Å². The molecule has 8 heteroatoms. The molecule has 1 fully saturated rings. The summed E-state index contributed by atoms with van der Waals surface area (Å²) in [6, 6.07) is 9.59. The number of hydrogen-bond acceptors (Lipinski definition) is 6. The van der Waals surface area contributed by atoms with Crippen molar-refractivity contribution in [1.82, 2.24) is 9.88 Å². The van der Waals surface area contributed by atoms with Crippen LogP contribution in [0.25, 0.3) is 0 Å². The van der Waals surface area contributed by atoms with Crippen LogP contribution in [-0.4, -0.2) is 47.4 Å². The molecule has 1 aliphatic rings. The highest BCUT2D eigenvalue weighted by molar-refractivity contribution is 7.14. The van der Waals surface area contributed by atoms with Crippen LogP contribution in [0.15, 0.2) is 35.7 Å². The second-order valence-electron chi connectivity index (χ2n) is 6.59. The predicted octanol–water partition coefficient (Wildman–Crippen LogP) is 2.74. The van der Waals surface area contributed by atoms with Crippen molar-refractivity contribution in [1.29, 1.82) is 0 Å². The Kier molecular flexibility index (Phi) is 6.76. The SMILES string of the molecule is CCOC(=O)c1csc(NC(=O)[C@H]2CCCN(C(=O)Cc3ccccc3)C2)n1. The van der Waals surface area contributed by atoms with Gasteiger partial charge in [0.15, 0.2) is 10.8 Å². The van der Waals surface area contributed by atoms with Crippen LogP contribution in [0, 0.1) is 5.92 Å². The Hall–Kier alpha value is -2.74. The zero-order chi connectivity index (χ0) is 19.9. The van der Waals surface area contributed by atoms with Gasteiger partial charge < -0.3 is 15.0 Å². The van der Waals surface area contributed by atoms with Crippen molar-refractivity contribution in [2.24, 2.45) is 5.92 Å². The van der Waals surface area contributed by atoms with Gasteiger partial charge in [0.05, 0.1) is 18.9 Å². The Labute approximate surface area is 167 Å². The van der Waals surface area contributed by atoms with E-state index < -0.39 is 5.97 Å². The molecule has 1 aromatic heterocycles. The van der Waals surface area contributed by atoms with E-state index in [9.17, 15) is 14.4 Å². The molecular formula is C20H23N3O4S. The summed E-state index contributed by atoms with van der Waals surface area (Å²) in [6.07, 6.45) is 1.84. The molecule has 1 aliphatic heterocycles. The first-order valence-corrected chi connectivity index (χ1v) is 10.2. The molecule has 0 saturated carbocycles. The number of piperidine rings is 1. The number of nitrogens with one attached hydrogen (secondary N) is 1. The van der Waals surface area contributed by atoms with Crippen LogP contribution in [0.2, 0.25) is 0 Å². The summed E-state index contributed by atoms with van der Waals surface area (Å²) in [5.74, 6) is -0.942. The Morgan fingerprint density at radius 3 is 2.82 bits per heavy atom. The number of amides is 2. The molecule has 1 aromatic carbocycles. The summed E-state index contributed by atoms with van der Waals surface area (Å²) in [7, 11) is 0. The Morgan fingerprint density at radius 2 is 2.07 bits per heavy atom. The van der Waals surface area contributed by atoms with E-state index in [4.69, 9.17) is 4.74 Å². The maximum absolute atomic E-state index is 12.6. The van der Waals surface area contributed by atoms with Gasteiger partial charge in [0, 0.05) is 18.5 Å². The van der Waals surface area contributed by atoms with Crippen molar-refractivity contribution in [3.8, 4) is 0 Å². The molecule has 3 rings (SSSR count). The van der Waals surface area contributed by atoms with Crippen LogP contribution in [0.3, 0.4) is 0 Å². The molecule has 1 N–H and O–H groups in total. The molecule has 2 aromatic rings. The number of thiazole rings is 1. The monoisotopic (exact) mass is 401 g/mol. The van der Waals surface area contributed by atoms with Crippen LogP contribution < -0.4 is 5.32 Å². The standard InChI is InChI=1S/C20H23N3O4S/c1-2-27-19(26)16-13-28-20(21-16)22-18(25)15-9-6-10-23(12-15)17(24)11-14-7-4-3-5-8-14/h3-5,7-8,13,15H,2,6,9-12H2,1H3,(H,21,22,25)/t15-/m0/s1. The third-order valence-electron chi connectivity index (χ3n) is 4.56. The topological polar surface area (TPSA) is 88.6 Å². The number of aromatic nitrogens is 1. The van der Waals surface area contributed by atoms with Crippen molar-refractivity contribution < 1.29 is 19.1 Å². The summed E-state index contributed by atoms with van der Waals surface area (Å²) in [5.41, 5.74) is 1.15. The first kappa shape index (κ1) is 20.0. The summed E-state index contributed by atoms with van der Waals surface area (Å²) >= 11 is 1.18. The van der Waals surface area contributed by atoms with Gasteiger partial charge >= 0.3 is 5.97 Å². The molecule has 28 heavy (non-hydrogen) atoms. The highest BCUT2D eigenvalue weighted by Crippen LogP contribution is 2.22. The average Bonchev–Trinajstić information content (AvgIpc) is 3.17. The lowest BCUT2D eigenvalue weighted by atomic mass is 9.96. The minimum Gasteiger partial charge on any atom is -0.461 e. The van der Waals surface area contributed by atoms with E-state index in [0.717, 1.165) is 18.4 Å². The van der Waals surface area contributed by atoms with Crippen molar-refractivity contribution in [2.75, 3.05) is 25.0 Å². The molecule has 0 bridgehead atoms. The molecule has 0 aliphatic carbocycles. The summed E-state index contributed by atoms with van der Waals surface area (Å²) in [6.45, 7) is 3.06. The van der Waals surface area contributed by atoms with Gasteiger partial charge in [-0.05, 0) is 25.3 Å². The lowest BCUT2D eigenvalue weighted by molar-refractivity contribution is -0.133. The van der Waals surface area contributed by atoms with E-state index in [1.807, 2.05) is 30.3 Å². The highest BCUT2D eigenvalue weighted by Gasteiger charge is 2.29. The molecule has 0 radical (unpaired) electrons. The molecule has 2 amide bonds. The largest absolute Gasteiger partial charge is 0.461 e.